The van der Waals surface area contributed by atoms with Crippen LogP contribution >= 0.6 is 0 Å². The van der Waals surface area contributed by atoms with Gasteiger partial charge in [-0.25, -0.2) is 4.79 Å². The maximum atomic E-state index is 13.8. The third-order valence-corrected chi connectivity index (χ3v) is 9.29. The first-order valence-corrected chi connectivity index (χ1v) is 13.7. The van der Waals surface area contributed by atoms with Crippen LogP contribution in [-0.4, -0.2) is 72.7 Å². The molecule has 3 N–H and O–H groups in total. The van der Waals surface area contributed by atoms with Crippen LogP contribution in [-0.2, 0) is 36.6 Å². The van der Waals surface area contributed by atoms with Gasteiger partial charge in [-0.2, -0.15) is 0 Å². The van der Waals surface area contributed by atoms with E-state index < -0.39 is 52.9 Å². The number of rotatable bonds is 7. The second-order valence-electron chi connectivity index (χ2n) is 11.5. The van der Waals surface area contributed by atoms with Gasteiger partial charge in [-0.1, -0.05) is 60.7 Å². The predicted octanol–water partition coefficient (Wildman–Crippen LogP) is 1.95. The number of benzene rings is 2. The van der Waals surface area contributed by atoms with Crippen LogP contribution in [0.2, 0.25) is 0 Å². The zero-order valence-electron chi connectivity index (χ0n) is 22.6. The molecule has 0 saturated carbocycles. The molecular weight excluding hydrogens is 496 g/mol. The van der Waals surface area contributed by atoms with Gasteiger partial charge >= 0.3 is 11.9 Å². The van der Waals surface area contributed by atoms with E-state index in [9.17, 15) is 14.7 Å². The molecule has 0 amide bonds. The predicted molar refractivity (Wildman–Crippen MR) is 144 cm³/mol. The standard InChI is InChI=1S/C31H36N2O6/c1-29-17-24-31(33-3,23(28(36)37-24)15-20-12-8-5-9-13-20)30(18-32-2)16-22(27(35)39-30)21(25(34)26(29)38-29)14-19-10-6-4-7-11-19/h4-13,16,21,23-26,32-34H,14-15,17-18H2,1-3H3. The molecule has 0 spiro atoms. The van der Waals surface area contributed by atoms with Gasteiger partial charge in [0.25, 0.3) is 0 Å². The van der Waals surface area contributed by atoms with Crippen molar-refractivity contribution in [3.05, 3.63) is 83.4 Å². The lowest BCUT2D eigenvalue weighted by atomic mass is 9.64. The number of fused-ring (bicyclic) bond motifs is 4. The smallest absolute Gasteiger partial charge is 0.335 e. The minimum Gasteiger partial charge on any atom is -0.460 e. The fourth-order valence-electron chi connectivity index (χ4n) is 7.37. The molecule has 8 unspecified atom stereocenters. The number of hydrogen-bond donors (Lipinski definition) is 3. The first kappa shape index (κ1) is 26.2. The molecule has 3 heterocycles. The van der Waals surface area contributed by atoms with Crippen molar-refractivity contribution in [2.24, 2.45) is 11.8 Å². The van der Waals surface area contributed by atoms with Crippen molar-refractivity contribution in [2.75, 3.05) is 20.6 Å². The van der Waals surface area contributed by atoms with Gasteiger partial charge in [-0.3, -0.25) is 4.79 Å². The number of carbonyl (C=O) groups is 2. The molecule has 2 fully saturated rings. The van der Waals surface area contributed by atoms with E-state index in [0.29, 0.717) is 24.8 Å². The van der Waals surface area contributed by atoms with E-state index in [1.807, 2.05) is 73.7 Å². The first-order chi connectivity index (χ1) is 18.8. The largest absolute Gasteiger partial charge is 0.460 e. The Hall–Kier alpha value is -3.04. The maximum Gasteiger partial charge on any atom is 0.335 e. The van der Waals surface area contributed by atoms with E-state index in [0.717, 1.165) is 11.1 Å². The molecule has 3 aliphatic heterocycles. The van der Waals surface area contributed by atoms with E-state index >= 15 is 0 Å². The Balaban J connectivity index is 1.52. The normalized spacial score (nSPS) is 38.8. The molecule has 0 radical (unpaired) electrons. The third-order valence-electron chi connectivity index (χ3n) is 9.29. The number of likely N-dealkylation sites (N-methyl/N-ethyl adjacent to an activating group) is 2. The van der Waals surface area contributed by atoms with Crippen molar-refractivity contribution in [3.8, 4) is 0 Å². The van der Waals surface area contributed by atoms with Crippen molar-refractivity contribution in [2.45, 2.75) is 61.2 Å². The molecule has 2 aromatic carbocycles. The molecular formula is C31H36N2O6. The van der Waals surface area contributed by atoms with Gasteiger partial charge in [0.15, 0.2) is 5.60 Å². The number of aliphatic hydroxyl groups is 1. The van der Waals surface area contributed by atoms with Crippen LogP contribution in [0.25, 0.3) is 0 Å². The fraction of sp³-hybridized carbons (Fsp3) is 0.484. The lowest BCUT2D eigenvalue weighted by molar-refractivity contribution is -0.158. The summed E-state index contributed by atoms with van der Waals surface area (Å²) in [6.45, 7) is 2.21. The number of nitrogens with one attached hydrogen (secondary N) is 2. The molecule has 39 heavy (non-hydrogen) atoms. The van der Waals surface area contributed by atoms with Gasteiger partial charge < -0.3 is 30.0 Å². The SMILES string of the molecule is CNCC12C=C(C(=O)O1)C(Cc1ccccc1)C(O)C1OC1(C)CC1OC(=O)C(Cc3ccccc3)C12NC. The Morgan fingerprint density at radius 1 is 0.974 bits per heavy atom. The Bertz CT molecular complexity index is 1280. The molecule has 4 aliphatic rings. The summed E-state index contributed by atoms with van der Waals surface area (Å²) in [6, 6.07) is 19.6. The van der Waals surface area contributed by atoms with Crippen LogP contribution in [0, 0.1) is 11.8 Å². The van der Waals surface area contributed by atoms with E-state index in [-0.39, 0.29) is 12.5 Å². The molecule has 0 aromatic heterocycles. The van der Waals surface area contributed by atoms with E-state index in [1.54, 1.807) is 14.1 Å². The van der Waals surface area contributed by atoms with Crippen molar-refractivity contribution < 1.29 is 28.9 Å². The zero-order chi connectivity index (χ0) is 27.4. The van der Waals surface area contributed by atoms with Crippen LogP contribution in [0.5, 0.6) is 0 Å². The monoisotopic (exact) mass is 532 g/mol. The minimum atomic E-state index is -1.24. The minimum absolute atomic E-state index is 0.261. The molecule has 8 nitrogen and oxygen atoms in total. The Morgan fingerprint density at radius 2 is 1.62 bits per heavy atom. The van der Waals surface area contributed by atoms with Crippen LogP contribution in [0.15, 0.2) is 72.3 Å². The zero-order valence-corrected chi connectivity index (χ0v) is 22.6. The van der Waals surface area contributed by atoms with Gasteiger partial charge in [0.05, 0.1) is 17.6 Å². The Morgan fingerprint density at radius 3 is 2.23 bits per heavy atom. The number of esters is 2. The molecule has 2 aromatic rings. The molecule has 2 bridgehead atoms. The highest BCUT2D eigenvalue weighted by Gasteiger charge is 2.73. The van der Waals surface area contributed by atoms with Crippen molar-refractivity contribution >= 4 is 11.9 Å². The number of carbonyl (C=O) groups excluding carboxylic acids is 2. The second-order valence-corrected chi connectivity index (χ2v) is 11.5. The van der Waals surface area contributed by atoms with Crippen LogP contribution in [0.1, 0.15) is 24.5 Å². The summed E-state index contributed by atoms with van der Waals surface area (Å²) < 4.78 is 18.7. The number of ether oxygens (including phenoxy) is 3. The summed E-state index contributed by atoms with van der Waals surface area (Å²) >= 11 is 0. The summed E-state index contributed by atoms with van der Waals surface area (Å²) in [7, 11) is 3.60. The summed E-state index contributed by atoms with van der Waals surface area (Å²) in [5.74, 6) is -2.00. The summed E-state index contributed by atoms with van der Waals surface area (Å²) in [4.78, 5) is 27.5. The van der Waals surface area contributed by atoms with E-state index in [1.165, 1.54) is 0 Å². The van der Waals surface area contributed by atoms with Gasteiger partial charge in [0, 0.05) is 24.5 Å². The highest BCUT2D eigenvalue weighted by molar-refractivity contribution is 5.93. The molecule has 2 saturated heterocycles. The molecule has 206 valence electrons. The van der Waals surface area contributed by atoms with Crippen molar-refractivity contribution in [3.63, 3.8) is 0 Å². The molecule has 1 aliphatic carbocycles. The Labute approximate surface area is 228 Å². The Kier molecular flexibility index (Phi) is 6.42. The lowest BCUT2D eigenvalue weighted by Crippen LogP contribution is -2.72. The second kappa shape index (κ2) is 9.55. The van der Waals surface area contributed by atoms with Crippen molar-refractivity contribution in [1.29, 1.82) is 0 Å². The highest BCUT2D eigenvalue weighted by Crippen LogP contribution is 2.56. The summed E-state index contributed by atoms with van der Waals surface area (Å²) in [5, 5.41) is 18.3. The van der Waals surface area contributed by atoms with Crippen molar-refractivity contribution in [1.82, 2.24) is 10.6 Å². The quantitative estimate of drug-likeness (QED) is 0.367. The topological polar surface area (TPSA) is 109 Å². The third kappa shape index (κ3) is 4.04. The van der Waals surface area contributed by atoms with E-state index in [4.69, 9.17) is 14.2 Å². The van der Waals surface area contributed by atoms with Crippen LogP contribution in [0.4, 0.5) is 0 Å². The number of hydrogen-bond acceptors (Lipinski definition) is 8. The van der Waals surface area contributed by atoms with Gasteiger partial charge in [0.1, 0.15) is 17.7 Å². The highest BCUT2D eigenvalue weighted by atomic mass is 16.6. The first-order valence-electron chi connectivity index (χ1n) is 13.7. The lowest BCUT2D eigenvalue weighted by Gasteiger charge is -2.48. The number of aliphatic hydroxyl groups excluding tert-OH is 1. The average molecular weight is 533 g/mol. The average Bonchev–Trinajstić information content (AvgIpc) is 3.37. The van der Waals surface area contributed by atoms with Crippen LogP contribution in [0.3, 0.4) is 0 Å². The molecule has 6 rings (SSSR count). The summed E-state index contributed by atoms with van der Waals surface area (Å²) in [5.41, 5.74) is -0.643. The number of epoxide rings is 1. The van der Waals surface area contributed by atoms with Gasteiger partial charge in [-0.05, 0) is 51.1 Å². The van der Waals surface area contributed by atoms with E-state index in [2.05, 4.69) is 10.6 Å². The van der Waals surface area contributed by atoms with Gasteiger partial charge in [-0.15, -0.1) is 0 Å². The molecule has 8 heteroatoms. The maximum absolute atomic E-state index is 13.8. The molecule has 8 atom stereocenters. The summed E-state index contributed by atoms with van der Waals surface area (Å²) in [6.07, 6.45) is 0.993. The van der Waals surface area contributed by atoms with Gasteiger partial charge in [0.2, 0.25) is 0 Å². The van der Waals surface area contributed by atoms with Crippen LogP contribution < -0.4 is 10.6 Å². The fourth-order valence-corrected chi connectivity index (χ4v) is 7.37.